The van der Waals surface area contributed by atoms with Crippen LogP contribution in [0.5, 0.6) is 0 Å². The van der Waals surface area contributed by atoms with Crippen molar-refractivity contribution in [3.63, 3.8) is 0 Å². The van der Waals surface area contributed by atoms with Gasteiger partial charge in [0.15, 0.2) is 0 Å². The molecule has 0 aliphatic carbocycles. The summed E-state index contributed by atoms with van der Waals surface area (Å²) in [5.74, 6) is 0. The predicted molar refractivity (Wildman–Crippen MR) is 62.9 cm³/mol. The van der Waals surface area contributed by atoms with E-state index in [1.54, 1.807) is 0 Å². The highest BCUT2D eigenvalue weighted by Crippen LogP contribution is 2.16. The van der Waals surface area contributed by atoms with Crippen molar-refractivity contribution < 1.29 is 0 Å². The molecule has 0 amide bonds. The standard InChI is InChI=1S/C12H13ClN2/c13-10-5-3-9(4-6-10)8-11(14)12-2-1-7-15-12/h1-7,11,15H,8,14H2. The van der Waals surface area contributed by atoms with Crippen LogP contribution in [0, 0.1) is 0 Å². The summed E-state index contributed by atoms with van der Waals surface area (Å²) in [5.41, 5.74) is 8.30. The molecule has 1 heterocycles. The quantitative estimate of drug-likeness (QED) is 0.821. The Morgan fingerprint density at radius 1 is 1.20 bits per heavy atom. The molecule has 0 fully saturated rings. The molecule has 0 radical (unpaired) electrons. The Labute approximate surface area is 94.1 Å². The smallest absolute Gasteiger partial charge is 0.0488 e. The molecule has 78 valence electrons. The van der Waals surface area contributed by atoms with E-state index < -0.39 is 0 Å². The zero-order chi connectivity index (χ0) is 10.7. The van der Waals surface area contributed by atoms with Crippen LogP contribution in [0.2, 0.25) is 5.02 Å². The number of nitrogens with two attached hydrogens (primary N) is 1. The van der Waals surface area contributed by atoms with E-state index in [0.29, 0.717) is 0 Å². The third-order valence-electron chi connectivity index (χ3n) is 2.39. The number of hydrogen-bond acceptors (Lipinski definition) is 1. The Kier molecular flexibility index (Phi) is 3.09. The van der Waals surface area contributed by atoms with E-state index >= 15 is 0 Å². The lowest BCUT2D eigenvalue weighted by molar-refractivity contribution is 0.702. The first-order chi connectivity index (χ1) is 7.25. The first kappa shape index (κ1) is 10.3. The fourth-order valence-electron chi connectivity index (χ4n) is 1.56. The van der Waals surface area contributed by atoms with Crippen LogP contribution in [-0.4, -0.2) is 4.98 Å². The lowest BCUT2D eigenvalue weighted by Crippen LogP contribution is -2.13. The van der Waals surface area contributed by atoms with Crippen LogP contribution in [0.4, 0.5) is 0 Å². The molecule has 3 heteroatoms. The number of nitrogens with one attached hydrogen (secondary N) is 1. The highest BCUT2D eigenvalue weighted by molar-refractivity contribution is 6.30. The number of halogens is 1. The lowest BCUT2D eigenvalue weighted by Gasteiger charge is -2.09. The van der Waals surface area contributed by atoms with Crippen LogP contribution >= 0.6 is 11.6 Å². The van der Waals surface area contributed by atoms with E-state index in [9.17, 15) is 0 Å². The van der Waals surface area contributed by atoms with E-state index in [0.717, 1.165) is 17.1 Å². The van der Waals surface area contributed by atoms with Crippen molar-refractivity contribution in [2.45, 2.75) is 12.5 Å². The molecule has 0 spiro atoms. The Bertz CT molecular complexity index is 406. The molecular weight excluding hydrogens is 208 g/mol. The monoisotopic (exact) mass is 220 g/mol. The van der Waals surface area contributed by atoms with Crippen LogP contribution in [-0.2, 0) is 6.42 Å². The van der Waals surface area contributed by atoms with Crippen molar-refractivity contribution in [3.05, 3.63) is 58.9 Å². The zero-order valence-electron chi connectivity index (χ0n) is 8.28. The average Bonchev–Trinajstić information content (AvgIpc) is 2.74. The predicted octanol–water partition coefficient (Wildman–Crippen LogP) is 2.91. The summed E-state index contributed by atoms with van der Waals surface area (Å²) in [6.45, 7) is 0. The SMILES string of the molecule is NC(Cc1ccc(Cl)cc1)c1ccc[nH]1. The van der Waals surface area contributed by atoms with Gasteiger partial charge in [-0.3, -0.25) is 0 Å². The molecule has 2 nitrogen and oxygen atoms in total. The van der Waals surface area contributed by atoms with Crippen molar-refractivity contribution >= 4 is 11.6 Å². The number of aromatic nitrogens is 1. The van der Waals surface area contributed by atoms with Crippen LogP contribution in [0.15, 0.2) is 42.6 Å². The molecule has 1 unspecified atom stereocenters. The number of hydrogen-bond donors (Lipinski definition) is 2. The Morgan fingerprint density at radius 2 is 1.93 bits per heavy atom. The van der Waals surface area contributed by atoms with Crippen molar-refractivity contribution in [1.82, 2.24) is 4.98 Å². The van der Waals surface area contributed by atoms with Crippen LogP contribution < -0.4 is 5.73 Å². The number of rotatable bonds is 3. The molecule has 1 aromatic carbocycles. The molecule has 0 saturated heterocycles. The topological polar surface area (TPSA) is 41.8 Å². The van der Waals surface area contributed by atoms with Gasteiger partial charge in [-0.05, 0) is 36.2 Å². The van der Waals surface area contributed by atoms with Crippen LogP contribution in [0.25, 0.3) is 0 Å². The minimum Gasteiger partial charge on any atom is -0.364 e. The van der Waals surface area contributed by atoms with E-state index in [1.807, 2.05) is 42.6 Å². The average molecular weight is 221 g/mol. The summed E-state index contributed by atoms with van der Waals surface area (Å²) in [4.78, 5) is 3.12. The maximum Gasteiger partial charge on any atom is 0.0488 e. The third kappa shape index (κ3) is 2.61. The van der Waals surface area contributed by atoms with Gasteiger partial charge in [-0.15, -0.1) is 0 Å². The van der Waals surface area contributed by atoms with Crippen molar-refractivity contribution in [1.29, 1.82) is 0 Å². The normalized spacial score (nSPS) is 12.7. The van der Waals surface area contributed by atoms with Gasteiger partial charge in [-0.1, -0.05) is 23.7 Å². The first-order valence-corrected chi connectivity index (χ1v) is 5.27. The van der Waals surface area contributed by atoms with Gasteiger partial charge in [0.25, 0.3) is 0 Å². The van der Waals surface area contributed by atoms with E-state index in [4.69, 9.17) is 17.3 Å². The van der Waals surface area contributed by atoms with Gasteiger partial charge in [0.1, 0.15) is 0 Å². The molecule has 0 aliphatic heterocycles. The van der Waals surface area contributed by atoms with Gasteiger partial charge < -0.3 is 10.7 Å². The summed E-state index contributed by atoms with van der Waals surface area (Å²) >= 11 is 5.81. The van der Waals surface area contributed by atoms with E-state index in [-0.39, 0.29) is 6.04 Å². The fourth-order valence-corrected chi connectivity index (χ4v) is 1.69. The van der Waals surface area contributed by atoms with E-state index in [2.05, 4.69) is 4.98 Å². The van der Waals surface area contributed by atoms with Crippen molar-refractivity contribution in [2.75, 3.05) is 0 Å². The van der Waals surface area contributed by atoms with Crippen molar-refractivity contribution in [2.24, 2.45) is 5.73 Å². The molecule has 2 rings (SSSR count). The lowest BCUT2D eigenvalue weighted by atomic mass is 10.0. The highest BCUT2D eigenvalue weighted by Gasteiger charge is 2.07. The number of benzene rings is 1. The minimum absolute atomic E-state index is 0.0150. The molecule has 1 atom stereocenters. The maximum atomic E-state index is 6.05. The first-order valence-electron chi connectivity index (χ1n) is 4.89. The molecule has 0 bridgehead atoms. The Balaban J connectivity index is 2.06. The fraction of sp³-hybridized carbons (Fsp3) is 0.167. The summed E-state index contributed by atoms with van der Waals surface area (Å²) in [7, 11) is 0. The minimum atomic E-state index is 0.0150. The van der Waals surface area contributed by atoms with Gasteiger partial charge in [0, 0.05) is 23.0 Å². The molecule has 0 saturated carbocycles. The van der Waals surface area contributed by atoms with Gasteiger partial charge >= 0.3 is 0 Å². The molecule has 2 aromatic rings. The van der Waals surface area contributed by atoms with Crippen molar-refractivity contribution in [3.8, 4) is 0 Å². The molecule has 0 aliphatic rings. The number of aromatic amines is 1. The summed E-state index contributed by atoms with van der Waals surface area (Å²) in [6, 6.07) is 11.8. The Morgan fingerprint density at radius 3 is 2.53 bits per heavy atom. The zero-order valence-corrected chi connectivity index (χ0v) is 9.04. The number of H-pyrrole nitrogens is 1. The van der Waals surface area contributed by atoms with Crippen LogP contribution in [0.1, 0.15) is 17.3 Å². The summed E-state index contributed by atoms with van der Waals surface area (Å²) < 4.78 is 0. The largest absolute Gasteiger partial charge is 0.364 e. The molecule has 3 N–H and O–H groups in total. The van der Waals surface area contributed by atoms with Gasteiger partial charge in [0.05, 0.1) is 0 Å². The molecular formula is C12H13ClN2. The maximum absolute atomic E-state index is 6.05. The second-order valence-electron chi connectivity index (χ2n) is 3.56. The third-order valence-corrected chi connectivity index (χ3v) is 2.64. The summed E-state index contributed by atoms with van der Waals surface area (Å²) in [5, 5.41) is 0.757. The van der Waals surface area contributed by atoms with Crippen LogP contribution in [0.3, 0.4) is 0 Å². The van der Waals surface area contributed by atoms with E-state index in [1.165, 1.54) is 5.56 Å². The molecule has 1 aromatic heterocycles. The van der Waals surface area contributed by atoms with Gasteiger partial charge in [-0.2, -0.15) is 0 Å². The second-order valence-corrected chi connectivity index (χ2v) is 4.00. The molecule has 15 heavy (non-hydrogen) atoms. The highest BCUT2D eigenvalue weighted by atomic mass is 35.5. The van der Waals surface area contributed by atoms with Gasteiger partial charge in [0.2, 0.25) is 0 Å². The Hall–Kier alpha value is -1.25. The summed E-state index contributed by atoms with van der Waals surface area (Å²) in [6.07, 6.45) is 2.70. The second kappa shape index (κ2) is 4.51. The van der Waals surface area contributed by atoms with Gasteiger partial charge in [-0.25, -0.2) is 0 Å².